The maximum Gasteiger partial charge on any atom is 0.437 e. The van der Waals surface area contributed by atoms with Gasteiger partial charge in [-0.25, -0.2) is 4.39 Å². The van der Waals surface area contributed by atoms with Gasteiger partial charge in [0.15, 0.2) is 0 Å². The highest BCUT2D eigenvalue weighted by Gasteiger charge is 2.64. The van der Waals surface area contributed by atoms with Gasteiger partial charge in [0, 0.05) is 19.5 Å². The molecule has 0 saturated carbocycles. The molecule has 0 aliphatic carbocycles. The van der Waals surface area contributed by atoms with Crippen LogP contribution in [0.2, 0.25) is 0 Å². The standard InChI is InChI=1S/C16H17F4N3O/c1-10-2-3-12(13(17)8-10)14(24)23-6-4-11(5-7-23)9-15(21-22-15)16(18,19)20/h2-3,8,11H,4-7,9H2,1H3. The summed E-state index contributed by atoms with van der Waals surface area (Å²) in [5, 5.41) is 6.38. The van der Waals surface area contributed by atoms with Crippen molar-refractivity contribution in [2.24, 2.45) is 16.1 Å². The first kappa shape index (κ1) is 16.9. The Morgan fingerprint density at radius 3 is 2.42 bits per heavy atom. The molecule has 0 atom stereocenters. The lowest BCUT2D eigenvalue weighted by atomic mass is 9.88. The van der Waals surface area contributed by atoms with E-state index in [9.17, 15) is 22.4 Å². The van der Waals surface area contributed by atoms with E-state index in [0.717, 1.165) is 5.56 Å². The molecule has 0 aromatic heterocycles. The Morgan fingerprint density at radius 1 is 1.29 bits per heavy atom. The Morgan fingerprint density at radius 2 is 1.92 bits per heavy atom. The summed E-state index contributed by atoms with van der Waals surface area (Å²) in [6, 6.07) is 4.40. The number of rotatable bonds is 3. The zero-order valence-corrected chi connectivity index (χ0v) is 13.1. The Kier molecular flexibility index (Phi) is 4.09. The van der Waals surface area contributed by atoms with Crippen molar-refractivity contribution in [1.82, 2.24) is 4.90 Å². The monoisotopic (exact) mass is 343 g/mol. The Hall–Kier alpha value is -1.99. The summed E-state index contributed by atoms with van der Waals surface area (Å²) in [5.74, 6) is -1.19. The van der Waals surface area contributed by atoms with Crippen LogP contribution in [-0.2, 0) is 0 Å². The van der Waals surface area contributed by atoms with Crippen molar-refractivity contribution in [1.29, 1.82) is 0 Å². The van der Waals surface area contributed by atoms with E-state index >= 15 is 0 Å². The van der Waals surface area contributed by atoms with E-state index in [-0.39, 0.29) is 17.9 Å². The molecule has 0 spiro atoms. The maximum absolute atomic E-state index is 13.9. The van der Waals surface area contributed by atoms with Crippen molar-refractivity contribution < 1.29 is 22.4 Å². The Balaban J connectivity index is 1.58. The smallest absolute Gasteiger partial charge is 0.339 e. The molecule has 1 aromatic carbocycles. The molecule has 24 heavy (non-hydrogen) atoms. The fourth-order valence-corrected chi connectivity index (χ4v) is 3.08. The predicted octanol–water partition coefficient (Wildman–Crippen LogP) is 4.10. The van der Waals surface area contributed by atoms with E-state index in [4.69, 9.17) is 0 Å². The van der Waals surface area contributed by atoms with Gasteiger partial charge in [0.2, 0.25) is 0 Å². The van der Waals surface area contributed by atoms with Crippen LogP contribution in [0.4, 0.5) is 17.6 Å². The molecule has 2 aliphatic heterocycles. The first-order valence-corrected chi connectivity index (χ1v) is 7.78. The Labute approximate surface area is 136 Å². The third-order valence-electron chi connectivity index (χ3n) is 4.63. The Bertz CT molecular complexity index is 672. The predicted molar refractivity (Wildman–Crippen MR) is 78.0 cm³/mol. The molecule has 2 heterocycles. The number of aryl methyl sites for hydroxylation is 1. The largest absolute Gasteiger partial charge is 0.437 e. The van der Waals surface area contributed by atoms with Gasteiger partial charge in [0.1, 0.15) is 5.82 Å². The van der Waals surface area contributed by atoms with E-state index in [1.165, 1.54) is 17.0 Å². The summed E-state index contributed by atoms with van der Waals surface area (Å²) >= 11 is 0. The number of hydrogen-bond acceptors (Lipinski definition) is 3. The van der Waals surface area contributed by atoms with E-state index in [2.05, 4.69) is 10.2 Å². The van der Waals surface area contributed by atoms with Crippen LogP contribution < -0.4 is 0 Å². The highest BCUT2D eigenvalue weighted by Crippen LogP contribution is 2.49. The van der Waals surface area contributed by atoms with Crippen LogP contribution in [0.15, 0.2) is 28.4 Å². The minimum absolute atomic E-state index is 0.00185. The van der Waals surface area contributed by atoms with Crippen LogP contribution >= 0.6 is 0 Å². The summed E-state index contributed by atoms with van der Waals surface area (Å²) in [5.41, 5.74) is -1.51. The quantitative estimate of drug-likeness (QED) is 0.762. The molecule has 2 aliphatic rings. The van der Waals surface area contributed by atoms with Crippen LogP contribution in [0.5, 0.6) is 0 Å². The van der Waals surface area contributed by atoms with Gasteiger partial charge in [0.05, 0.1) is 5.56 Å². The van der Waals surface area contributed by atoms with Gasteiger partial charge in [-0.05, 0) is 43.4 Å². The zero-order chi connectivity index (χ0) is 17.5. The SMILES string of the molecule is Cc1ccc(C(=O)N2CCC(CC3(C(F)(F)F)N=N3)CC2)c(F)c1. The van der Waals surface area contributed by atoms with Crippen LogP contribution in [0.25, 0.3) is 0 Å². The number of carbonyl (C=O) groups excluding carboxylic acids is 1. The molecule has 0 bridgehead atoms. The molecule has 1 aromatic rings. The summed E-state index contributed by atoms with van der Waals surface area (Å²) in [7, 11) is 0. The average molecular weight is 343 g/mol. The second kappa shape index (κ2) is 5.82. The number of alkyl halides is 3. The third-order valence-corrected chi connectivity index (χ3v) is 4.63. The molecule has 0 radical (unpaired) electrons. The summed E-state index contributed by atoms with van der Waals surface area (Å²) < 4.78 is 52.5. The van der Waals surface area contributed by atoms with Crippen LogP contribution in [-0.4, -0.2) is 35.7 Å². The number of amides is 1. The number of halogens is 4. The second-order valence-electron chi connectivity index (χ2n) is 6.44. The topological polar surface area (TPSA) is 45.0 Å². The molecule has 130 valence electrons. The fourth-order valence-electron chi connectivity index (χ4n) is 3.08. The molecule has 8 heteroatoms. The lowest BCUT2D eigenvalue weighted by Gasteiger charge is -2.33. The molecule has 1 saturated heterocycles. The normalized spacial score (nSPS) is 20.3. The van der Waals surface area contributed by atoms with Gasteiger partial charge in [-0.2, -0.15) is 13.2 Å². The van der Waals surface area contributed by atoms with Crippen LogP contribution in [0.3, 0.4) is 0 Å². The van der Waals surface area contributed by atoms with Crippen LogP contribution in [0, 0.1) is 18.7 Å². The molecule has 0 unspecified atom stereocenters. The van der Waals surface area contributed by atoms with Crippen molar-refractivity contribution in [2.45, 2.75) is 38.0 Å². The van der Waals surface area contributed by atoms with E-state index < -0.39 is 23.6 Å². The number of likely N-dealkylation sites (tertiary alicyclic amines) is 1. The van der Waals surface area contributed by atoms with Crippen molar-refractivity contribution in [2.75, 3.05) is 13.1 Å². The average Bonchev–Trinajstić information content (AvgIpc) is 3.28. The minimum Gasteiger partial charge on any atom is -0.339 e. The van der Waals surface area contributed by atoms with Crippen LogP contribution in [0.1, 0.15) is 35.2 Å². The lowest BCUT2D eigenvalue weighted by molar-refractivity contribution is -0.168. The molecule has 1 amide bonds. The maximum atomic E-state index is 13.9. The lowest BCUT2D eigenvalue weighted by Crippen LogP contribution is -2.41. The van der Waals surface area contributed by atoms with Gasteiger partial charge < -0.3 is 4.90 Å². The highest BCUT2D eigenvalue weighted by molar-refractivity contribution is 5.94. The zero-order valence-electron chi connectivity index (χ0n) is 13.1. The molecule has 0 N–H and O–H groups in total. The van der Waals surface area contributed by atoms with Gasteiger partial charge in [-0.15, -0.1) is 10.2 Å². The van der Waals surface area contributed by atoms with Crippen molar-refractivity contribution >= 4 is 5.91 Å². The van der Waals surface area contributed by atoms with Gasteiger partial charge in [0.25, 0.3) is 11.6 Å². The van der Waals surface area contributed by atoms with Crippen molar-refractivity contribution in [3.63, 3.8) is 0 Å². The van der Waals surface area contributed by atoms with E-state index in [1.807, 2.05) is 0 Å². The van der Waals surface area contributed by atoms with E-state index in [1.54, 1.807) is 13.0 Å². The minimum atomic E-state index is -4.45. The number of benzene rings is 1. The van der Waals surface area contributed by atoms with Gasteiger partial charge >= 0.3 is 6.18 Å². The fraction of sp³-hybridized carbons (Fsp3) is 0.562. The summed E-state index contributed by atoms with van der Waals surface area (Å²) in [6.45, 7) is 2.35. The number of carbonyl (C=O) groups is 1. The van der Waals surface area contributed by atoms with Crippen molar-refractivity contribution in [3.8, 4) is 0 Å². The van der Waals surface area contributed by atoms with Gasteiger partial charge in [-0.3, -0.25) is 4.79 Å². The van der Waals surface area contributed by atoms with Gasteiger partial charge in [-0.1, -0.05) is 6.07 Å². The first-order chi connectivity index (χ1) is 11.2. The number of hydrogen-bond donors (Lipinski definition) is 0. The number of nitrogens with zero attached hydrogens (tertiary/aromatic N) is 3. The molecular formula is C16H17F4N3O. The summed E-state index contributed by atoms with van der Waals surface area (Å²) in [4.78, 5) is 13.9. The third kappa shape index (κ3) is 3.14. The summed E-state index contributed by atoms with van der Waals surface area (Å²) in [6.07, 6.45) is -3.76. The molecule has 4 nitrogen and oxygen atoms in total. The number of piperidine rings is 1. The molecule has 1 fully saturated rings. The molecular weight excluding hydrogens is 326 g/mol. The first-order valence-electron chi connectivity index (χ1n) is 7.78. The van der Waals surface area contributed by atoms with Crippen molar-refractivity contribution in [3.05, 3.63) is 35.1 Å². The second-order valence-corrected chi connectivity index (χ2v) is 6.44. The van der Waals surface area contributed by atoms with E-state index in [0.29, 0.717) is 25.9 Å². The molecule has 3 rings (SSSR count). The highest BCUT2D eigenvalue weighted by atomic mass is 19.4.